The Morgan fingerprint density at radius 3 is 1.94 bits per heavy atom. The molecule has 0 aliphatic carbocycles. The van der Waals surface area contributed by atoms with Crippen LogP contribution in [0.4, 0.5) is 17.6 Å². The van der Waals surface area contributed by atoms with E-state index < -0.39 is 25.0 Å². The predicted molar refractivity (Wildman–Crippen MR) is 105 cm³/mol. The lowest BCUT2D eigenvalue weighted by Crippen LogP contribution is -2.50. The Kier molecular flexibility index (Phi) is 7.39. The van der Waals surface area contributed by atoms with E-state index in [1.54, 1.807) is 0 Å². The summed E-state index contributed by atoms with van der Waals surface area (Å²) in [6.45, 7) is -5.50. The first kappa shape index (κ1) is 23.2. The van der Waals surface area contributed by atoms with Gasteiger partial charge in [-0.2, -0.15) is 17.6 Å². The van der Waals surface area contributed by atoms with Crippen LogP contribution in [-0.2, 0) is 0 Å². The minimum atomic E-state index is -3.08. The zero-order valence-electron chi connectivity index (χ0n) is 17.0. The van der Waals surface area contributed by atoms with Gasteiger partial charge in [0.25, 0.3) is 11.8 Å². The monoisotopic (exact) mass is 456 g/mol. The Morgan fingerprint density at radius 2 is 1.34 bits per heavy atom. The van der Waals surface area contributed by atoms with E-state index in [2.05, 4.69) is 9.47 Å². The zero-order valence-corrected chi connectivity index (χ0v) is 17.0. The fourth-order valence-corrected chi connectivity index (χ4v) is 3.31. The second-order valence-corrected chi connectivity index (χ2v) is 6.70. The lowest BCUT2D eigenvalue weighted by atomic mass is 10.1. The van der Waals surface area contributed by atoms with Gasteiger partial charge in [0.2, 0.25) is 0 Å². The third-order valence-electron chi connectivity index (χ3n) is 4.81. The van der Waals surface area contributed by atoms with E-state index in [4.69, 9.17) is 4.74 Å². The van der Waals surface area contributed by atoms with Crippen molar-refractivity contribution < 1.29 is 41.4 Å². The van der Waals surface area contributed by atoms with Gasteiger partial charge in [0.1, 0.15) is 5.75 Å². The number of rotatable bonds is 7. The predicted octanol–water partition coefficient (Wildman–Crippen LogP) is 3.50. The summed E-state index contributed by atoms with van der Waals surface area (Å²) in [5.74, 6) is -1.36. The maximum Gasteiger partial charge on any atom is 0.387 e. The molecule has 1 saturated heterocycles. The molecule has 1 fully saturated rings. The van der Waals surface area contributed by atoms with Crippen molar-refractivity contribution in [2.24, 2.45) is 0 Å². The van der Waals surface area contributed by atoms with Gasteiger partial charge in [-0.3, -0.25) is 9.59 Å². The molecule has 2 aromatic carbocycles. The van der Waals surface area contributed by atoms with E-state index in [-0.39, 0.29) is 54.6 Å². The number of benzene rings is 2. The van der Waals surface area contributed by atoms with Crippen molar-refractivity contribution in [1.29, 1.82) is 0 Å². The number of alkyl halides is 4. The van der Waals surface area contributed by atoms with Crippen LogP contribution in [0, 0.1) is 0 Å². The lowest BCUT2D eigenvalue weighted by Gasteiger charge is -2.35. The number of methoxy groups -OCH3 is 1. The fraction of sp³-hybridized carbons (Fsp3) is 0.333. The number of hydrogen-bond acceptors (Lipinski definition) is 5. The summed E-state index contributed by atoms with van der Waals surface area (Å²) in [5, 5.41) is 0. The van der Waals surface area contributed by atoms with E-state index in [0.717, 1.165) is 0 Å². The first-order chi connectivity index (χ1) is 15.3. The number of amides is 2. The van der Waals surface area contributed by atoms with E-state index in [9.17, 15) is 27.2 Å². The molecular formula is C21H20F4N2O5. The molecule has 0 radical (unpaired) electrons. The van der Waals surface area contributed by atoms with Crippen LogP contribution in [0.25, 0.3) is 0 Å². The first-order valence-electron chi connectivity index (χ1n) is 9.55. The van der Waals surface area contributed by atoms with Crippen molar-refractivity contribution in [3.63, 3.8) is 0 Å². The van der Waals surface area contributed by atoms with Gasteiger partial charge in [-0.25, -0.2) is 0 Å². The number of piperazine rings is 1. The topological polar surface area (TPSA) is 68.3 Å². The summed E-state index contributed by atoms with van der Waals surface area (Å²) in [6, 6.07) is 9.63. The van der Waals surface area contributed by atoms with Gasteiger partial charge in [0.15, 0.2) is 11.5 Å². The highest BCUT2D eigenvalue weighted by Crippen LogP contribution is 2.30. The van der Waals surface area contributed by atoms with Crippen molar-refractivity contribution in [1.82, 2.24) is 9.80 Å². The molecule has 7 nitrogen and oxygen atoms in total. The smallest absolute Gasteiger partial charge is 0.387 e. The highest BCUT2D eigenvalue weighted by molar-refractivity contribution is 5.98. The zero-order chi connectivity index (χ0) is 23.3. The van der Waals surface area contributed by atoms with Crippen LogP contribution in [0.3, 0.4) is 0 Å². The second kappa shape index (κ2) is 10.2. The normalized spacial score (nSPS) is 14.0. The van der Waals surface area contributed by atoms with Crippen molar-refractivity contribution in [2.75, 3.05) is 33.3 Å². The molecule has 32 heavy (non-hydrogen) atoms. The molecule has 0 unspecified atom stereocenters. The molecule has 1 aliphatic rings. The summed E-state index contributed by atoms with van der Waals surface area (Å²) in [5.41, 5.74) is 0.119. The molecule has 0 spiro atoms. The molecule has 0 N–H and O–H groups in total. The van der Waals surface area contributed by atoms with Gasteiger partial charge in [0, 0.05) is 31.7 Å². The summed E-state index contributed by atoms with van der Waals surface area (Å²) >= 11 is 0. The lowest BCUT2D eigenvalue weighted by molar-refractivity contribution is -0.0516. The van der Waals surface area contributed by atoms with Crippen LogP contribution in [0.15, 0.2) is 42.5 Å². The standard InChI is InChI=1S/C21H20F4N2O5/c1-30-16-7-6-13(12-17(16)32-21(24)25)18(28)26-8-10-27(11-9-26)19(29)14-4-2-3-5-15(14)31-20(22)23/h2-7,12,20-21H,8-11H2,1H3. The molecule has 0 aromatic heterocycles. The Labute approximate surface area is 181 Å². The van der Waals surface area contributed by atoms with Crippen LogP contribution in [-0.4, -0.2) is 68.1 Å². The number of ether oxygens (including phenoxy) is 3. The molecule has 2 aromatic rings. The van der Waals surface area contributed by atoms with E-state index in [1.807, 2.05) is 0 Å². The number of hydrogen-bond donors (Lipinski definition) is 0. The molecule has 1 aliphatic heterocycles. The van der Waals surface area contributed by atoms with Crippen LogP contribution in [0.1, 0.15) is 20.7 Å². The molecule has 2 amide bonds. The summed E-state index contributed by atoms with van der Waals surface area (Å²) < 4.78 is 64.2. The largest absolute Gasteiger partial charge is 0.493 e. The molecular weight excluding hydrogens is 436 g/mol. The van der Waals surface area contributed by atoms with Gasteiger partial charge < -0.3 is 24.0 Å². The van der Waals surface area contributed by atoms with Crippen molar-refractivity contribution >= 4 is 11.8 Å². The highest BCUT2D eigenvalue weighted by Gasteiger charge is 2.28. The molecule has 172 valence electrons. The first-order valence-corrected chi connectivity index (χ1v) is 9.55. The number of para-hydroxylation sites is 1. The quantitative estimate of drug-likeness (QED) is 0.597. The SMILES string of the molecule is COc1ccc(C(=O)N2CCN(C(=O)c3ccccc3OC(F)F)CC2)cc1OC(F)F. The van der Waals surface area contributed by atoms with E-state index >= 15 is 0 Å². The van der Waals surface area contributed by atoms with Crippen molar-refractivity contribution in [3.8, 4) is 17.2 Å². The van der Waals surface area contributed by atoms with Crippen LogP contribution < -0.4 is 14.2 Å². The van der Waals surface area contributed by atoms with Gasteiger partial charge >= 0.3 is 13.2 Å². The average Bonchev–Trinajstić information content (AvgIpc) is 2.78. The van der Waals surface area contributed by atoms with Crippen LogP contribution >= 0.6 is 0 Å². The van der Waals surface area contributed by atoms with Crippen LogP contribution in [0.5, 0.6) is 17.2 Å². The number of carbonyl (C=O) groups is 2. The minimum Gasteiger partial charge on any atom is -0.493 e. The third kappa shape index (κ3) is 5.40. The average molecular weight is 456 g/mol. The Bertz CT molecular complexity index is 965. The summed E-state index contributed by atoms with van der Waals surface area (Å²) in [6.07, 6.45) is 0. The van der Waals surface area contributed by atoms with E-state index in [1.165, 1.54) is 59.4 Å². The van der Waals surface area contributed by atoms with E-state index in [0.29, 0.717) is 0 Å². The van der Waals surface area contributed by atoms with Gasteiger partial charge in [-0.1, -0.05) is 12.1 Å². The molecule has 0 atom stereocenters. The van der Waals surface area contributed by atoms with Crippen LogP contribution in [0.2, 0.25) is 0 Å². The molecule has 0 bridgehead atoms. The maximum absolute atomic E-state index is 12.8. The summed E-state index contributed by atoms with van der Waals surface area (Å²) in [4.78, 5) is 28.4. The summed E-state index contributed by atoms with van der Waals surface area (Å²) in [7, 11) is 1.29. The second-order valence-electron chi connectivity index (χ2n) is 6.70. The Morgan fingerprint density at radius 1 is 0.781 bits per heavy atom. The highest BCUT2D eigenvalue weighted by atomic mass is 19.3. The number of halogens is 4. The third-order valence-corrected chi connectivity index (χ3v) is 4.81. The number of carbonyl (C=O) groups excluding carboxylic acids is 2. The fourth-order valence-electron chi connectivity index (χ4n) is 3.31. The maximum atomic E-state index is 12.8. The van der Waals surface area contributed by atoms with Gasteiger partial charge in [-0.15, -0.1) is 0 Å². The Hall–Kier alpha value is -3.50. The minimum absolute atomic E-state index is 0.00322. The number of nitrogens with zero attached hydrogens (tertiary/aromatic N) is 2. The Balaban J connectivity index is 1.67. The van der Waals surface area contributed by atoms with Crippen molar-refractivity contribution in [2.45, 2.75) is 13.2 Å². The van der Waals surface area contributed by atoms with Gasteiger partial charge in [0.05, 0.1) is 12.7 Å². The molecule has 11 heteroatoms. The van der Waals surface area contributed by atoms with Gasteiger partial charge in [-0.05, 0) is 30.3 Å². The van der Waals surface area contributed by atoms with Crippen molar-refractivity contribution in [3.05, 3.63) is 53.6 Å². The molecule has 3 rings (SSSR count). The molecule has 1 heterocycles. The molecule has 0 saturated carbocycles.